The highest BCUT2D eigenvalue weighted by atomic mass is 16.3. The fourth-order valence-corrected chi connectivity index (χ4v) is 7.65. The zero-order valence-electron chi connectivity index (χ0n) is 29.0. The van der Waals surface area contributed by atoms with Crippen molar-refractivity contribution in [3.05, 3.63) is 188 Å². The minimum absolute atomic E-state index is 0.714. The molecule has 0 N–H and O–H groups in total. The molecule has 0 unspecified atom stereocenters. The molecule has 0 radical (unpaired) electrons. The monoisotopic (exact) mass is 678 g/mol. The lowest BCUT2D eigenvalue weighted by Gasteiger charge is -2.13. The standard InChI is InChI=1S/C50H34N2O/c1-4-13-33(14-5-1)38-19-12-20-40(29-38)47-32-46(51-50(52-47)37-17-8-3-9-18-37)36-25-23-34(24-26-36)39-27-28-42-45-31-44(35-15-6-2-7-16-35)41-21-10-11-22-43(41)49(45)53-48(42)30-39/h1-4,6-13,15-32H,5,14H2. The van der Waals surface area contributed by atoms with E-state index in [2.05, 4.69) is 164 Å². The van der Waals surface area contributed by atoms with E-state index in [1.54, 1.807) is 0 Å². The molecule has 10 rings (SSSR count). The van der Waals surface area contributed by atoms with E-state index in [0.29, 0.717) is 5.82 Å². The molecule has 0 amide bonds. The van der Waals surface area contributed by atoms with Crippen LogP contribution >= 0.6 is 0 Å². The number of fused-ring (bicyclic) bond motifs is 5. The van der Waals surface area contributed by atoms with Gasteiger partial charge in [0.25, 0.3) is 0 Å². The number of nitrogens with zero attached hydrogens (tertiary/aromatic N) is 2. The summed E-state index contributed by atoms with van der Waals surface area (Å²) in [6, 6.07) is 57.7. The summed E-state index contributed by atoms with van der Waals surface area (Å²) < 4.78 is 6.65. The van der Waals surface area contributed by atoms with E-state index in [1.165, 1.54) is 27.6 Å². The Kier molecular flexibility index (Phi) is 7.62. The second-order valence-corrected chi connectivity index (χ2v) is 13.7. The van der Waals surface area contributed by atoms with Gasteiger partial charge in [0.2, 0.25) is 0 Å². The van der Waals surface area contributed by atoms with Crippen molar-refractivity contribution in [1.29, 1.82) is 0 Å². The molecule has 2 heterocycles. The summed E-state index contributed by atoms with van der Waals surface area (Å²) in [5.74, 6) is 0.714. The third kappa shape index (κ3) is 5.73. The molecule has 0 atom stereocenters. The molecule has 250 valence electrons. The Morgan fingerprint density at radius 2 is 1.09 bits per heavy atom. The van der Waals surface area contributed by atoms with E-state index in [4.69, 9.17) is 14.4 Å². The van der Waals surface area contributed by atoms with Gasteiger partial charge in [0, 0.05) is 32.8 Å². The highest BCUT2D eigenvalue weighted by Gasteiger charge is 2.16. The van der Waals surface area contributed by atoms with Gasteiger partial charge in [0.05, 0.1) is 11.4 Å². The molecule has 0 saturated carbocycles. The van der Waals surface area contributed by atoms with Gasteiger partial charge in [-0.2, -0.15) is 0 Å². The van der Waals surface area contributed by atoms with Crippen molar-refractivity contribution in [1.82, 2.24) is 9.97 Å². The quantitative estimate of drug-likeness (QED) is 0.176. The smallest absolute Gasteiger partial charge is 0.160 e. The molecule has 3 heteroatoms. The highest BCUT2D eigenvalue weighted by Crippen LogP contribution is 2.41. The average molecular weight is 679 g/mol. The van der Waals surface area contributed by atoms with Crippen molar-refractivity contribution in [2.75, 3.05) is 0 Å². The van der Waals surface area contributed by atoms with Crippen LogP contribution in [0.25, 0.3) is 94.4 Å². The van der Waals surface area contributed by atoms with Gasteiger partial charge < -0.3 is 4.42 Å². The van der Waals surface area contributed by atoms with Crippen LogP contribution in [0.15, 0.2) is 186 Å². The first-order valence-electron chi connectivity index (χ1n) is 18.2. The van der Waals surface area contributed by atoms with Gasteiger partial charge in [-0.3, -0.25) is 0 Å². The van der Waals surface area contributed by atoms with Gasteiger partial charge in [0.15, 0.2) is 5.82 Å². The van der Waals surface area contributed by atoms with Crippen LogP contribution in [-0.2, 0) is 0 Å². The molecular weight excluding hydrogens is 645 g/mol. The molecule has 0 saturated heterocycles. The summed E-state index contributed by atoms with van der Waals surface area (Å²) in [7, 11) is 0. The Morgan fingerprint density at radius 1 is 0.434 bits per heavy atom. The molecule has 2 aromatic heterocycles. The Balaban J connectivity index is 1.03. The van der Waals surface area contributed by atoms with Gasteiger partial charge in [-0.1, -0.05) is 152 Å². The minimum atomic E-state index is 0.714. The van der Waals surface area contributed by atoms with Crippen LogP contribution in [0.5, 0.6) is 0 Å². The van der Waals surface area contributed by atoms with Crippen LogP contribution in [0, 0.1) is 0 Å². The lowest BCUT2D eigenvalue weighted by Crippen LogP contribution is -1.96. The lowest BCUT2D eigenvalue weighted by atomic mass is 9.95. The molecule has 9 aromatic rings. The maximum atomic E-state index is 6.65. The second-order valence-electron chi connectivity index (χ2n) is 13.7. The van der Waals surface area contributed by atoms with E-state index in [1.807, 2.05) is 18.2 Å². The number of hydrogen-bond donors (Lipinski definition) is 0. The molecule has 0 spiro atoms. The molecule has 0 aliphatic heterocycles. The van der Waals surface area contributed by atoms with E-state index in [-0.39, 0.29) is 0 Å². The number of rotatable bonds is 6. The van der Waals surface area contributed by atoms with Crippen molar-refractivity contribution in [3.8, 4) is 56.2 Å². The van der Waals surface area contributed by atoms with Gasteiger partial charge in [-0.25, -0.2) is 9.97 Å². The molecule has 53 heavy (non-hydrogen) atoms. The third-order valence-electron chi connectivity index (χ3n) is 10.4. The van der Waals surface area contributed by atoms with E-state index >= 15 is 0 Å². The van der Waals surface area contributed by atoms with Crippen LogP contribution in [0.3, 0.4) is 0 Å². The first-order chi connectivity index (χ1) is 26.2. The predicted molar refractivity (Wildman–Crippen MR) is 220 cm³/mol. The summed E-state index contributed by atoms with van der Waals surface area (Å²) in [5, 5.41) is 4.56. The molecule has 0 fully saturated rings. The normalized spacial score (nSPS) is 12.8. The van der Waals surface area contributed by atoms with Crippen LogP contribution in [-0.4, -0.2) is 9.97 Å². The van der Waals surface area contributed by atoms with E-state index in [0.717, 1.165) is 79.4 Å². The van der Waals surface area contributed by atoms with E-state index in [9.17, 15) is 0 Å². The zero-order valence-corrected chi connectivity index (χ0v) is 29.0. The van der Waals surface area contributed by atoms with Gasteiger partial charge in [-0.05, 0) is 82.0 Å². The van der Waals surface area contributed by atoms with Crippen molar-refractivity contribution in [2.24, 2.45) is 0 Å². The van der Waals surface area contributed by atoms with Gasteiger partial charge in [-0.15, -0.1) is 0 Å². The van der Waals surface area contributed by atoms with Crippen LogP contribution in [0.2, 0.25) is 0 Å². The fraction of sp³-hybridized carbons (Fsp3) is 0.0400. The second kappa shape index (κ2) is 13.0. The van der Waals surface area contributed by atoms with Crippen molar-refractivity contribution >= 4 is 38.3 Å². The number of hydrogen-bond acceptors (Lipinski definition) is 3. The lowest BCUT2D eigenvalue weighted by molar-refractivity contribution is 0.673. The summed E-state index contributed by atoms with van der Waals surface area (Å²) in [5.41, 5.74) is 13.9. The molecule has 0 bridgehead atoms. The Bertz CT molecular complexity index is 2860. The Morgan fingerprint density at radius 3 is 1.87 bits per heavy atom. The minimum Gasteiger partial charge on any atom is -0.455 e. The predicted octanol–water partition coefficient (Wildman–Crippen LogP) is 13.6. The maximum absolute atomic E-state index is 6.65. The first kappa shape index (κ1) is 30.9. The fourth-order valence-electron chi connectivity index (χ4n) is 7.65. The van der Waals surface area contributed by atoms with Crippen molar-refractivity contribution in [3.63, 3.8) is 0 Å². The largest absolute Gasteiger partial charge is 0.455 e. The third-order valence-corrected chi connectivity index (χ3v) is 10.4. The maximum Gasteiger partial charge on any atom is 0.160 e. The molecular formula is C50H34N2O. The molecule has 1 aliphatic rings. The molecule has 3 nitrogen and oxygen atoms in total. The van der Waals surface area contributed by atoms with Crippen LogP contribution in [0.4, 0.5) is 0 Å². The number of allylic oxidation sites excluding steroid dienone is 4. The summed E-state index contributed by atoms with van der Waals surface area (Å²) in [6.07, 6.45) is 8.72. The van der Waals surface area contributed by atoms with Gasteiger partial charge in [0.1, 0.15) is 11.2 Å². The van der Waals surface area contributed by atoms with Crippen molar-refractivity contribution < 1.29 is 4.42 Å². The number of furan rings is 1. The number of aromatic nitrogens is 2. The van der Waals surface area contributed by atoms with Gasteiger partial charge >= 0.3 is 0 Å². The summed E-state index contributed by atoms with van der Waals surface area (Å²) in [6.45, 7) is 0. The first-order valence-corrected chi connectivity index (χ1v) is 18.2. The van der Waals surface area contributed by atoms with Crippen molar-refractivity contribution in [2.45, 2.75) is 12.8 Å². The SMILES string of the molecule is C1=CCCC(c2cccc(-c3cc(-c4ccc(-c5ccc6c(c5)oc5c7ccccc7c(-c7ccccc7)cc65)cc4)nc(-c4ccccc4)n3)c2)=C1. The highest BCUT2D eigenvalue weighted by molar-refractivity contribution is 6.19. The Labute approximate surface area is 308 Å². The zero-order chi connectivity index (χ0) is 35.1. The van der Waals surface area contributed by atoms with Crippen LogP contribution in [0.1, 0.15) is 18.4 Å². The van der Waals surface area contributed by atoms with Crippen LogP contribution < -0.4 is 0 Å². The molecule has 7 aromatic carbocycles. The van der Waals surface area contributed by atoms with E-state index < -0.39 is 0 Å². The Hall–Kier alpha value is -6.84. The summed E-state index contributed by atoms with van der Waals surface area (Å²) >= 11 is 0. The summed E-state index contributed by atoms with van der Waals surface area (Å²) in [4.78, 5) is 10.2. The molecule has 1 aliphatic carbocycles. The average Bonchev–Trinajstić information content (AvgIpc) is 3.62. The number of benzene rings is 7. The topological polar surface area (TPSA) is 38.9 Å².